The molecule has 1 amide bonds. The van der Waals surface area contributed by atoms with Gasteiger partial charge < -0.3 is 10.2 Å². The molecule has 3 nitrogen and oxygen atoms in total. The lowest BCUT2D eigenvalue weighted by Crippen LogP contribution is -2.53. The van der Waals surface area contributed by atoms with Gasteiger partial charge in [-0.1, -0.05) is 27.7 Å². The molecule has 1 N–H and O–H groups in total. The zero-order valence-electron chi connectivity index (χ0n) is 14.3. The van der Waals surface area contributed by atoms with Crippen molar-refractivity contribution in [1.82, 2.24) is 10.2 Å². The van der Waals surface area contributed by atoms with E-state index in [2.05, 4.69) is 37.9 Å². The number of likely N-dealkylation sites (tertiary alicyclic amines) is 1. The molecule has 120 valence electrons. The monoisotopic (exact) mass is 292 g/mol. The zero-order valence-corrected chi connectivity index (χ0v) is 14.3. The van der Waals surface area contributed by atoms with E-state index < -0.39 is 0 Å². The lowest BCUT2D eigenvalue weighted by atomic mass is 9.65. The van der Waals surface area contributed by atoms with Gasteiger partial charge in [0.25, 0.3) is 0 Å². The van der Waals surface area contributed by atoms with E-state index >= 15 is 0 Å². The highest BCUT2D eigenvalue weighted by molar-refractivity contribution is 5.84. The Morgan fingerprint density at radius 2 is 2.05 bits per heavy atom. The second kappa shape index (κ2) is 4.97. The van der Waals surface area contributed by atoms with Crippen molar-refractivity contribution in [3.63, 3.8) is 0 Å². The van der Waals surface area contributed by atoms with Crippen molar-refractivity contribution in [1.29, 1.82) is 0 Å². The number of fused-ring (bicyclic) bond motifs is 2. The molecule has 3 unspecified atom stereocenters. The molecule has 0 aromatic heterocycles. The van der Waals surface area contributed by atoms with E-state index in [0.717, 1.165) is 38.9 Å². The van der Waals surface area contributed by atoms with Gasteiger partial charge in [0, 0.05) is 19.1 Å². The number of carbonyl (C=O) groups is 1. The minimum absolute atomic E-state index is 0.129. The summed E-state index contributed by atoms with van der Waals surface area (Å²) in [5, 5.41) is 3.47. The molecule has 2 bridgehead atoms. The van der Waals surface area contributed by atoms with E-state index in [1.54, 1.807) is 0 Å². The third-order valence-corrected chi connectivity index (χ3v) is 6.28. The highest BCUT2D eigenvalue weighted by Gasteiger charge is 2.53. The van der Waals surface area contributed by atoms with Gasteiger partial charge >= 0.3 is 0 Å². The number of piperidine rings is 1. The number of carbonyl (C=O) groups excluding carboxylic acids is 1. The Hall–Kier alpha value is -0.570. The maximum atomic E-state index is 13.3. The largest absolute Gasteiger partial charge is 0.339 e. The highest BCUT2D eigenvalue weighted by atomic mass is 16.2. The Bertz CT molecular complexity index is 425. The number of hydrogen-bond acceptors (Lipinski definition) is 2. The summed E-state index contributed by atoms with van der Waals surface area (Å²) in [6, 6.07) is 0.483. The van der Waals surface area contributed by atoms with Crippen LogP contribution in [0.15, 0.2) is 0 Å². The summed E-state index contributed by atoms with van der Waals surface area (Å²) in [6.45, 7) is 12.3. The Kier molecular flexibility index (Phi) is 3.63. The number of hydrogen-bond donors (Lipinski definition) is 1. The summed E-state index contributed by atoms with van der Waals surface area (Å²) in [4.78, 5) is 15.6. The van der Waals surface area contributed by atoms with Crippen molar-refractivity contribution in [3.8, 4) is 0 Å². The van der Waals surface area contributed by atoms with Crippen LogP contribution in [0.4, 0.5) is 0 Å². The Morgan fingerprint density at radius 1 is 1.29 bits per heavy atom. The van der Waals surface area contributed by atoms with E-state index in [4.69, 9.17) is 0 Å². The molecular weight excluding hydrogens is 260 g/mol. The quantitative estimate of drug-likeness (QED) is 0.847. The van der Waals surface area contributed by atoms with Gasteiger partial charge in [0.05, 0.1) is 5.41 Å². The summed E-state index contributed by atoms with van der Waals surface area (Å²) >= 11 is 0. The molecule has 3 rings (SSSR count). The average Bonchev–Trinajstić information content (AvgIpc) is 2.68. The smallest absolute Gasteiger partial charge is 0.230 e. The summed E-state index contributed by atoms with van der Waals surface area (Å²) in [6.07, 6.45) is 6.84. The van der Waals surface area contributed by atoms with Crippen LogP contribution < -0.4 is 5.32 Å². The van der Waals surface area contributed by atoms with Crippen molar-refractivity contribution >= 4 is 5.91 Å². The predicted molar refractivity (Wildman–Crippen MR) is 86.1 cm³/mol. The first-order valence-corrected chi connectivity index (χ1v) is 8.81. The maximum absolute atomic E-state index is 13.3. The topological polar surface area (TPSA) is 32.3 Å². The third kappa shape index (κ3) is 2.62. The van der Waals surface area contributed by atoms with Crippen LogP contribution in [0.5, 0.6) is 0 Å². The van der Waals surface area contributed by atoms with Crippen molar-refractivity contribution in [2.75, 3.05) is 19.6 Å². The summed E-state index contributed by atoms with van der Waals surface area (Å²) in [7, 11) is 0. The third-order valence-electron chi connectivity index (χ3n) is 6.28. The first-order chi connectivity index (χ1) is 9.79. The van der Waals surface area contributed by atoms with Crippen LogP contribution in [0.1, 0.15) is 66.2 Å². The fraction of sp³-hybridized carbons (Fsp3) is 0.944. The molecule has 1 aliphatic carbocycles. The lowest BCUT2D eigenvalue weighted by Gasteiger charge is -2.41. The Labute approximate surface area is 129 Å². The normalized spacial score (nSPS) is 42.1. The molecule has 0 spiro atoms. The molecule has 3 heteroatoms. The first-order valence-electron chi connectivity index (χ1n) is 8.81. The van der Waals surface area contributed by atoms with Crippen LogP contribution in [-0.2, 0) is 4.79 Å². The van der Waals surface area contributed by atoms with E-state index in [1.807, 2.05) is 0 Å². The second-order valence-corrected chi connectivity index (χ2v) is 9.06. The number of nitrogens with zero attached hydrogens (tertiary/aromatic N) is 1. The number of rotatable bonds is 2. The van der Waals surface area contributed by atoms with Crippen LogP contribution in [0.3, 0.4) is 0 Å². The fourth-order valence-electron chi connectivity index (χ4n) is 5.61. The van der Waals surface area contributed by atoms with Crippen LogP contribution in [-0.4, -0.2) is 36.5 Å². The Balaban J connectivity index is 1.82. The predicted octanol–water partition coefficient (Wildman–Crippen LogP) is 3.19. The van der Waals surface area contributed by atoms with Gasteiger partial charge in [0.1, 0.15) is 0 Å². The summed E-state index contributed by atoms with van der Waals surface area (Å²) in [5.74, 6) is 0.448. The molecule has 3 aliphatic rings. The standard InChI is InChI=1S/C18H32N2O/c1-5-18(7-6-8-19-12-18)15(21)20-13-17(4)10-14(20)9-16(2,3)11-17/h14,19H,5-13H2,1-4H3. The second-order valence-electron chi connectivity index (χ2n) is 9.06. The lowest BCUT2D eigenvalue weighted by molar-refractivity contribution is -0.144. The minimum Gasteiger partial charge on any atom is -0.339 e. The van der Waals surface area contributed by atoms with Crippen LogP contribution in [0, 0.1) is 16.2 Å². The van der Waals surface area contributed by atoms with Gasteiger partial charge in [-0.25, -0.2) is 0 Å². The summed E-state index contributed by atoms with van der Waals surface area (Å²) < 4.78 is 0. The van der Waals surface area contributed by atoms with Crippen LogP contribution in [0.25, 0.3) is 0 Å². The molecule has 0 radical (unpaired) electrons. The van der Waals surface area contributed by atoms with Gasteiger partial charge in [-0.3, -0.25) is 4.79 Å². The molecule has 0 aromatic carbocycles. The van der Waals surface area contributed by atoms with Crippen molar-refractivity contribution in [2.45, 2.75) is 72.3 Å². The fourth-order valence-corrected chi connectivity index (χ4v) is 5.61. The SMILES string of the molecule is CCC1(C(=O)N2CC3(C)CC2CC(C)(C)C3)CCCNC1. The van der Waals surface area contributed by atoms with Gasteiger partial charge in [0.2, 0.25) is 5.91 Å². The molecule has 1 saturated carbocycles. The van der Waals surface area contributed by atoms with E-state index in [9.17, 15) is 4.79 Å². The molecular formula is C18H32N2O. The highest BCUT2D eigenvalue weighted by Crippen LogP contribution is 2.53. The minimum atomic E-state index is -0.129. The molecule has 21 heavy (non-hydrogen) atoms. The van der Waals surface area contributed by atoms with E-state index in [-0.39, 0.29) is 5.41 Å². The van der Waals surface area contributed by atoms with Crippen LogP contribution in [0.2, 0.25) is 0 Å². The molecule has 2 saturated heterocycles. The summed E-state index contributed by atoms with van der Waals surface area (Å²) in [5.41, 5.74) is 0.603. The van der Waals surface area contributed by atoms with Crippen molar-refractivity contribution < 1.29 is 4.79 Å². The molecule has 2 heterocycles. The number of nitrogens with one attached hydrogen (secondary N) is 1. The molecule has 3 fully saturated rings. The Morgan fingerprint density at radius 3 is 2.67 bits per heavy atom. The van der Waals surface area contributed by atoms with Crippen molar-refractivity contribution in [2.24, 2.45) is 16.2 Å². The van der Waals surface area contributed by atoms with Gasteiger partial charge in [0.15, 0.2) is 0 Å². The van der Waals surface area contributed by atoms with Gasteiger partial charge in [-0.05, 0) is 55.9 Å². The number of amides is 1. The van der Waals surface area contributed by atoms with Crippen LogP contribution >= 0.6 is 0 Å². The van der Waals surface area contributed by atoms with Crippen molar-refractivity contribution in [3.05, 3.63) is 0 Å². The van der Waals surface area contributed by atoms with E-state index in [0.29, 0.717) is 22.8 Å². The maximum Gasteiger partial charge on any atom is 0.230 e. The van der Waals surface area contributed by atoms with Gasteiger partial charge in [-0.2, -0.15) is 0 Å². The van der Waals surface area contributed by atoms with Gasteiger partial charge in [-0.15, -0.1) is 0 Å². The molecule has 0 aromatic rings. The zero-order chi connectivity index (χ0) is 15.3. The van der Waals surface area contributed by atoms with E-state index in [1.165, 1.54) is 19.3 Å². The first kappa shape index (κ1) is 15.3. The molecule has 2 aliphatic heterocycles. The molecule has 3 atom stereocenters. The average molecular weight is 292 g/mol.